The maximum Gasteiger partial charge on any atom is 0.274 e. The van der Waals surface area contributed by atoms with Gasteiger partial charge in [-0.05, 0) is 17.7 Å². The number of hydrogen-bond donors (Lipinski definition) is 2. The van der Waals surface area contributed by atoms with E-state index < -0.39 is 0 Å². The molecule has 2 heterocycles. The van der Waals surface area contributed by atoms with E-state index in [1.807, 2.05) is 30.3 Å². The van der Waals surface area contributed by atoms with Gasteiger partial charge in [0.05, 0.1) is 12.9 Å². The normalized spacial score (nSPS) is 10.7. The van der Waals surface area contributed by atoms with E-state index in [2.05, 4.69) is 10.2 Å². The quantitative estimate of drug-likeness (QED) is 0.732. The van der Waals surface area contributed by atoms with Crippen molar-refractivity contribution in [3.63, 3.8) is 0 Å². The molecule has 3 aromatic rings. The van der Waals surface area contributed by atoms with Crippen LogP contribution in [-0.4, -0.2) is 39.3 Å². The Hall–Kier alpha value is -2.86. The summed E-state index contributed by atoms with van der Waals surface area (Å²) in [5.74, 6) is 0.380. The van der Waals surface area contributed by atoms with Crippen LogP contribution in [0.4, 0.5) is 0 Å². The highest BCUT2D eigenvalue weighted by atomic mass is 16.3. The Morgan fingerprint density at radius 1 is 1.22 bits per heavy atom. The minimum Gasteiger partial charge on any atom is -0.463 e. The van der Waals surface area contributed by atoms with Gasteiger partial charge in [-0.15, -0.1) is 0 Å². The molecule has 23 heavy (non-hydrogen) atoms. The highest BCUT2D eigenvalue weighted by Crippen LogP contribution is 2.19. The minimum absolute atomic E-state index is 0.103. The molecule has 0 radical (unpaired) electrons. The van der Waals surface area contributed by atoms with Crippen LogP contribution in [0.5, 0.6) is 0 Å². The van der Waals surface area contributed by atoms with Crippen LogP contribution in [0.15, 0.2) is 59.2 Å². The van der Waals surface area contributed by atoms with Gasteiger partial charge in [-0.2, -0.15) is 5.10 Å². The number of H-pyrrole nitrogens is 1. The molecular formula is C17H17N3O3. The zero-order chi connectivity index (χ0) is 16.1. The number of furan rings is 1. The van der Waals surface area contributed by atoms with Gasteiger partial charge in [0, 0.05) is 19.2 Å². The van der Waals surface area contributed by atoms with Gasteiger partial charge >= 0.3 is 0 Å². The van der Waals surface area contributed by atoms with E-state index in [0.717, 1.165) is 5.56 Å². The Balaban J connectivity index is 1.78. The third-order valence-corrected chi connectivity index (χ3v) is 3.46. The topological polar surface area (TPSA) is 82.4 Å². The van der Waals surface area contributed by atoms with Crippen molar-refractivity contribution in [3.8, 4) is 11.5 Å². The zero-order valence-electron chi connectivity index (χ0n) is 12.5. The van der Waals surface area contributed by atoms with Crippen molar-refractivity contribution in [1.29, 1.82) is 0 Å². The van der Waals surface area contributed by atoms with E-state index in [1.54, 1.807) is 29.4 Å². The van der Waals surface area contributed by atoms with Crippen LogP contribution in [0.2, 0.25) is 0 Å². The van der Waals surface area contributed by atoms with Crippen LogP contribution in [0.3, 0.4) is 0 Å². The van der Waals surface area contributed by atoms with Gasteiger partial charge in [0.1, 0.15) is 5.69 Å². The van der Waals surface area contributed by atoms with Crippen molar-refractivity contribution in [2.24, 2.45) is 0 Å². The Kier molecular flexibility index (Phi) is 4.54. The fourth-order valence-electron chi connectivity index (χ4n) is 2.33. The first-order chi connectivity index (χ1) is 11.3. The van der Waals surface area contributed by atoms with Gasteiger partial charge in [-0.1, -0.05) is 30.3 Å². The van der Waals surface area contributed by atoms with Gasteiger partial charge < -0.3 is 14.4 Å². The summed E-state index contributed by atoms with van der Waals surface area (Å²) in [6.07, 6.45) is 1.56. The first kappa shape index (κ1) is 15.1. The molecule has 1 aromatic carbocycles. The van der Waals surface area contributed by atoms with Crippen LogP contribution < -0.4 is 0 Å². The average Bonchev–Trinajstić information content (AvgIpc) is 3.26. The number of aliphatic hydroxyl groups is 1. The number of carbonyl (C=O) groups excluding carboxylic acids is 1. The number of nitrogens with one attached hydrogen (secondary N) is 1. The standard InChI is InChI=1S/C17H17N3O3/c21-9-8-20(12-13-5-2-1-3-6-13)17(22)15-11-14(18-19-15)16-7-4-10-23-16/h1-7,10-11,21H,8-9,12H2,(H,18,19). The Labute approximate surface area is 133 Å². The second-order valence-corrected chi connectivity index (χ2v) is 5.08. The molecule has 0 atom stereocenters. The van der Waals surface area contributed by atoms with Crippen molar-refractivity contribution in [1.82, 2.24) is 15.1 Å². The SMILES string of the molecule is O=C(c1cc(-c2ccco2)[nH]n1)N(CCO)Cc1ccccc1. The molecule has 0 bridgehead atoms. The molecule has 6 nitrogen and oxygen atoms in total. The van der Waals surface area contributed by atoms with E-state index in [1.165, 1.54) is 0 Å². The summed E-state index contributed by atoms with van der Waals surface area (Å²) in [4.78, 5) is 14.2. The lowest BCUT2D eigenvalue weighted by atomic mass is 10.2. The van der Waals surface area contributed by atoms with Crippen LogP contribution in [0.1, 0.15) is 16.1 Å². The molecule has 2 aromatic heterocycles. The van der Waals surface area contributed by atoms with Gasteiger partial charge in [0.2, 0.25) is 0 Å². The number of aromatic nitrogens is 2. The average molecular weight is 311 g/mol. The Bertz CT molecular complexity index is 751. The van der Waals surface area contributed by atoms with Crippen LogP contribution in [0, 0.1) is 0 Å². The monoisotopic (exact) mass is 311 g/mol. The third kappa shape index (κ3) is 3.49. The Morgan fingerprint density at radius 3 is 2.74 bits per heavy atom. The van der Waals surface area contributed by atoms with Crippen molar-refractivity contribution >= 4 is 5.91 Å². The number of hydrogen-bond acceptors (Lipinski definition) is 4. The van der Waals surface area contributed by atoms with Crippen LogP contribution in [0.25, 0.3) is 11.5 Å². The number of amides is 1. The first-order valence-corrected chi connectivity index (χ1v) is 7.31. The second kappa shape index (κ2) is 6.93. The summed E-state index contributed by atoms with van der Waals surface area (Å²) in [5, 5.41) is 16.1. The maximum atomic E-state index is 12.6. The number of aliphatic hydroxyl groups excluding tert-OH is 1. The van der Waals surface area contributed by atoms with E-state index in [0.29, 0.717) is 23.7 Å². The molecule has 0 aliphatic rings. The summed E-state index contributed by atoms with van der Waals surface area (Å²) >= 11 is 0. The summed E-state index contributed by atoms with van der Waals surface area (Å²) < 4.78 is 5.28. The maximum absolute atomic E-state index is 12.6. The molecule has 2 N–H and O–H groups in total. The molecule has 6 heteroatoms. The molecule has 0 aliphatic heterocycles. The molecule has 3 rings (SSSR count). The fraction of sp³-hybridized carbons (Fsp3) is 0.176. The Morgan fingerprint density at radius 2 is 2.04 bits per heavy atom. The summed E-state index contributed by atoms with van der Waals surface area (Å²) in [5.41, 5.74) is 1.93. The number of benzene rings is 1. The molecule has 0 saturated carbocycles. The highest BCUT2D eigenvalue weighted by molar-refractivity contribution is 5.93. The van der Waals surface area contributed by atoms with E-state index >= 15 is 0 Å². The molecule has 0 aliphatic carbocycles. The first-order valence-electron chi connectivity index (χ1n) is 7.31. The smallest absolute Gasteiger partial charge is 0.274 e. The zero-order valence-corrected chi connectivity index (χ0v) is 12.5. The van der Waals surface area contributed by atoms with Crippen molar-refractivity contribution < 1.29 is 14.3 Å². The lowest BCUT2D eigenvalue weighted by molar-refractivity contribution is 0.0702. The predicted octanol–water partition coefficient (Wildman–Crippen LogP) is 2.30. The summed E-state index contributed by atoms with van der Waals surface area (Å²) in [6.45, 7) is 0.563. The fourth-order valence-corrected chi connectivity index (χ4v) is 2.33. The molecular weight excluding hydrogens is 294 g/mol. The molecule has 0 saturated heterocycles. The third-order valence-electron chi connectivity index (χ3n) is 3.46. The van der Waals surface area contributed by atoms with Gasteiger partial charge in [-0.25, -0.2) is 0 Å². The summed E-state index contributed by atoms with van der Waals surface area (Å²) in [6, 6.07) is 14.8. The lowest BCUT2D eigenvalue weighted by Crippen LogP contribution is -2.33. The van der Waals surface area contributed by atoms with Crippen molar-refractivity contribution in [2.45, 2.75) is 6.54 Å². The number of nitrogens with zero attached hydrogens (tertiary/aromatic N) is 2. The van der Waals surface area contributed by atoms with E-state index in [-0.39, 0.29) is 19.1 Å². The largest absolute Gasteiger partial charge is 0.463 e. The number of carbonyl (C=O) groups is 1. The van der Waals surface area contributed by atoms with E-state index in [9.17, 15) is 9.90 Å². The van der Waals surface area contributed by atoms with Gasteiger partial charge in [0.25, 0.3) is 5.91 Å². The minimum atomic E-state index is -0.239. The van der Waals surface area contributed by atoms with E-state index in [4.69, 9.17) is 4.42 Å². The number of rotatable bonds is 6. The number of aromatic amines is 1. The lowest BCUT2D eigenvalue weighted by Gasteiger charge is -2.20. The van der Waals surface area contributed by atoms with Gasteiger partial charge in [-0.3, -0.25) is 9.89 Å². The summed E-state index contributed by atoms with van der Waals surface area (Å²) in [7, 11) is 0. The highest BCUT2D eigenvalue weighted by Gasteiger charge is 2.19. The van der Waals surface area contributed by atoms with Crippen molar-refractivity contribution in [3.05, 3.63) is 66.1 Å². The van der Waals surface area contributed by atoms with Crippen LogP contribution in [-0.2, 0) is 6.54 Å². The predicted molar refractivity (Wildman–Crippen MR) is 84.6 cm³/mol. The molecule has 1 amide bonds. The molecule has 0 spiro atoms. The second-order valence-electron chi connectivity index (χ2n) is 5.08. The molecule has 0 fully saturated rings. The van der Waals surface area contributed by atoms with Crippen LogP contribution >= 0.6 is 0 Å². The molecule has 0 unspecified atom stereocenters. The van der Waals surface area contributed by atoms with Crippen molar-refractivity contribution in [2.75, 3.05) is 13.2 Å². The molecule has 118 valence electrons. The van der Waals surface area contributed by atoms with Gasteiger partial charge in [0.15, 0.2) is 11.5 Å².